The molecule has 0 aliphatic carbocycles. The molecule has 0 aliphatic rings. The predicted molar refractivity (Wildman–Crippen MR) is 74.0 cm³/mol. The monoisotopic (exact) mass is 268 g/mol. The molecule has 0 aromatic heterocycles. The molecule has 1 aromatic carbocycles. The van der Waals surface area contributed by atoms with Crippen molar-refractivity contribution in [3.63, 3.8) is 0 Å². The Bertz CT molecular complexity index is 442. The summed E-state index contributed by atoms with van der Waals surface area (Å²) in [5.74, 6) is -0.307. The number of ether oxygens (including phenoxy) is 1. The number of carbonyl (C=O) groups is 1. The minimum absolute atomic E-state index is 0.00140. The van der Waals surface area contributed by atoms with Gasteiger partial charge < -0.3 is 15.4 Å². The van der Waals surface area contributed by atoms with E-state index in [2.05, 4.69) is 10.6 Å². The topological polar surface area (TPSA) is 50.4 Å². The quantitative estimate of drug-likeness (QED) is 0.879. The van der Waals surface area contributed by atoms with Gasteiger partial charge in [0.15, 0.2) is 11.6 Å². The van der Waals surface area contributed by atoms with Crippen LogP contribution in [0.5, 0.6) is 5.75 Å². The summed E-state index contributed by atoms with van der Waals surface area (Å²) in [7, 11) is 0. The lowest BCUT2D eigenvalue weighted by Gasteiger charge is -2.19. The number of hydrogen-bond acceptors (Lipinski definition) is 2. The van der Waals surface area contributed by atoms with Gasteiger partial charge in [-0.05, 0) is 24.5 Å². The van der Waals surface area contributed by atoms with E-state index in [1.807, 2.05) is 20.8 Å². The van der Waals surface area contributed by atoms with Crippen LogP contribution in [0.3, 0.4) is 0 Å². The van der Waals surface area contributed by atoms with Crippen LogP contribution in [0.15, 0.2) is 18.2 Å². The maximum Gasteiger partial charge on any atom is 0.319 e. The van der Waals surface area contributed by atoms with Gasteiger partial charge in [-0.1, -0.05) is 20.8 Å². The molecule has 0 saturated carbocycles. The molecule has 0 bridgehead atoms. The third-order valence-corrected chi connectivity index (χ3v) is 2.27. The van der Waals surface area contributed by atoms with Crippen LogP contribution in [0.1, 0.15) is 27.7 Å². The van der Waals surface area contributed by atoms with Gasteiger partial charge in [-0.25, -0.2) is 9.18 Å². The van der Waals surface area contributed by atoms with Crippen molar-refractivity contribution in [3.05, 3.63) is 24.0 Å². The first-order valence-electron chi connectivity index (χ1n) is 6.29. The zero-order chi connectivity index (χ0) is 14.5. The lowest BCUT2D eigenvalue weighted by atomic mass is 9.97. The van der Waals surface area contributed by atoms with Crippen LogP contribution in [0.25, 0.3) is 0 Å². The second-order valence-corrected chi connectivity index (χ2v) is 5.45. The van der Waals surface area contributed by atoms with E-state index in [-0.39, 0.29) is 17.2 Å². The summed E-state index contributed by atoms with van der Waals surface area (Å²) in [4.78, 5) is 11.6. The Kier molecular flexibility index (Phi) is 5.15. The first kappa shape index (κ1) is 15.3. The molecule has 2 N–H and O–H groups in total. The number of amides is 2. The zero-order valence-corrected chi connectivity index (χ0v) is 11.8. The van der Waals surface area contributed by atoms with Crippen LogP contribution in [-0.4, -0.2) is 19.2 Å². The Hall–Kier alpha value is -1.78. The maximum atomic E-state index is 13.6. The molecule has 5 heteroatoms. The fourth-order valence-electron chi connectivity index (χ4n) is 1.37. The molecule has 4 nitrogen and oxygen atoms in total. The van der Waals surface area contributed by atoms with Gasteiger partial charge in [0.25, 0.3) is 0 Å². The highest BCUT2D eigenvalue weighted by Crippen LogP contribution is 2.21. The summed E-state index contributed by atoms with van der Waals surface area (Å²) in [5.41, 5.74) is 0.397. The Morgan fingerprint density at radius 1 is 1.37 bits per heavy atom. The molecule has 2 amide bonds. The van der Waals surface area contributed by atoms with Crippen LogP contribution < -0.4 is 15.4 Å². The summed E-state index contributed by atoms with van der Waals surface area (Å²) in [5, 5.41) is 5.31. The van der Waals surface area contributed by atoms with Crippen molar-refractivity contribution in [2.45, 2.75) is 27.7 Å². The van der Waals surface area contributed by atoms with Crippen molar-refractivity contribution in [3.8, 4) is 5.75 Å². The van der Waals surface area contributed by atoms with Gasteiger partial charge in [0, 0.05) is 18.3 Å². The number of halogens is 1. The number of anilines is 1. The van der Waals surface area contributed by atoms with Gasteiger partial charge >= 0.3 is 6.03 Å². The van der Waals surface area contributed by atoms with Crippen LogP contribution in [0.4, 0.5) is 14.9 Å². The van der Waals surface area contributed by atoms with Gasteiger partial charge in [-0.15, -0.1) is 0 Å². The molecule has 0 fully saturated rings. The first-order valence-corrected chi connectivity index (χ1v) is 6.29. The first-order chi connectivity index (χ1) is 8.81. The molecule has 106 valence electrons. The summed E-state index contributed by atoms with van der Waals surface area (Å²) in [6, 6.07) is 3.99. The summed E-state index contributed by atoms with van der Waals surface area (Å²) < 4.78 is 18.7. The van der Waals surface area contributed by atoms with Gasteiger partial charge in [0.05, 0.1) is 6.61 Å². The molecule has 0 spiro atoms. The van der Waals surface area contributed by atoms with Crippen molar-refractivity contribution in [1.82, 2.24) is 5.32 Å². The number of urea groups is 1. The van der Waals surface area contributed by atoms with Crippen molar-refractivity contribution in [2.75, 3.05) is 18.5 Å². The summed E-state index contributed by atoms with van der Waals surface area (Å²) in [6.07, 6.45) is 0. The van der Waals surface area contributed by atoms with Crippen LogP contribution in [0, 0.1) is 11.2 Å². The Labute approximate surface area is 113 Å². The summed E-state index contributed by atoms with van der Waals surface area (Å²) >= 11 is 0. The van der Waals surface area contributed by atoms with Crippen LogP contribution in [-0.2, 0) is 0 Å². The molecule has 0 atom stereocenters. The number of nitrogens with one attached hydrogen (secondary N) is 2. The van der Waals surface area contributed by atoms with Gasteiger partial charge in [-0.2, -0.15) is 0 Å². The minimum atomic E-state index is -0.490. The molecule has 19 heavy (non-hydrogen) atoms. The number of hydrogen-bond donors (Lipinski definition) is 2. The van der Waals surface area contributed by atoms with Gasteiger partial charge in [-0.3, -0.25) is 0 Å². The molecular weight excluding hydrogens is 247 g/mol. The second-order valence-electron chi connectivity index (χ2n) is 5.45. The fourth-order valence-corrected chi connectivity index (χ4v) is 1.37. The Morgan fingerprint density at radius 2 is 2.05 bits per heavy atom. The van der Waals surface area contributed by atoms with Crippen molar-refractivity contribution in [1.29, 1.82) is 0 Å². The lowest BCUT2D eigenvalue weighted by molar-refractivity contribution is 0.247. The number of carbonyl (C=O) groups excluding carboxylic acids is 1. The van der Waals surface area contributed by atoms with E-state index in [1.165, 1.54) is 12.1 Å². The molecular formula is C14H21FN2O2. The zero-order valence-electron chi connectivity index (χ0n) is 11.8. The third kappa shape index (κ3) is 5.59. The van der Waals surface area contributed by atoms with Crippen LogP contribution in [0.2, 0.25) is 0 Å². The average molecular weight is 268 g/mol. The van der Waals surface area contributed by atoms with E-state index in [4.69, 9.17) is 4.74 Å². The van der Waals surface area contributed by atoms with E-state index >= 15 is 0 Å². The Balaban J connectivity index is 2.58. The van der Waals surface area contributed by atoms with E-state index in [0.717, 1.165) is 0 Å². The summed E-state index contributed by atoms with van der Waals surface area (Å²) in [6.45, 7) is 8.77. The van der Waals surface area contributed by atoms with Crippen molar-refractivity contribution < 1.29 is 13.9 Å². The predicted octanol–water partition coefficient (Wildman–Crippen LogP) is 3.39. The molecule has 0 radical (unpaired) electrons. The number of rotatable bonds is 4. The highest BCUT2D eigenvalue weighted by molar-refractivity contribution is 5.89. The van der Waals surface area contributed by atoms with Crippen LogP contribution >= 0.6 is 0 Å². The SMILES string of the molecule is CCOc1ccc(NC(=O)NCC(C)(C)C)cc1F. The standard InChI is InChI=1S/C14H21FN2O2/c1-5-19-12-7-6-10(8-11(12)15)17-13(18)16-9-14(2,3)4/h6-8H,5,9H2,1-4H3,(H2,16,17,18). The molecule has 1 aromatic rings. The smallest absolute Gasteiger partial charge is 0.319 e. The maximum absolute atomic E-state index is 13.6. The fraction of sp³-hybridized carbons (Fsp3) is 0.500. The van der Waals surface area contributed by atoms with E-state index in [9.17, 15) is 9.18 Å². The highest BCUT2D eigenvalue weighted by Gasteiger charge is 2.12. The van der Waals surface area contributed by atoms with Crippen molar-refractivity contribution in [2.24, 2.45) is 5.41 Å². The van der Waals surface area contributed by atoms with Gasteiger partial charge in [0.1, 0.15) is 0 Å². The van der Waals surface area contributed by atoms with Gasteiger partial charge in [0.2, 0.25) is 0 Å². The molecule has 0 aliphatic heterocycles. The molecule has 0 saturated heterocycles. The molecule has 0 unspecified atom stereocenters. The second kappa shape index (κ2) is 6.41. The van der Waals surface area contributed by atoms with E-state index in [0.29, 0.717) is 18.8 Å². The largest absolute Gasteiger partial charge is 0.491 e. The lowest BCUT2D eigenvalue weighted by Crippen LogP contribution is -2.35. The molecule has 0 heterocycles. The van der Waals surface area contributed by atoms with E-state index < -0.39 is 5.82 Å². The Morgan fingerprint density at radius 3 is 2.58 bits per heavy atom. The third-order valence-electron chi connectivity index (χ3n) is 2.27. The minimum Gasteiger partial charge on any atom is -0.491 e. The average Bonchev–Trinajstić information content (AvgIpc) is 2.29. The van der Waals surface area contributed by atoms with Crippen molar-refractivity contribution >= 4 is 11.7 Å². The normalized spacial score (nSPS) is 11.0. The number of benzene rings is 1. The highest BCUT2D eigenvalue weighted by atomic mass is 19.1. The van der Waals surface area contributed by atoms with E-state index in [1.54, 1.807) is 13.0 Å². The molecule has 1 rings (SSSR count).